The van der Waals surface area contributed by atoms with Crippen molar-refractivity contribution < 1.29 is 4.74 Å². The Morgan fingerprint density at radius 3 is 2.56 bits per heavy atom. The molecule has 1 saturated carbocycles. The van der Waals surface area contributed by atoms with Crippen molar-refractivity contribution >= 4 is 5.96 Å². The maximum Gasteiger partial charge on any atom is 0.189 e. The van der Waals surface area contributed by atoms with Gasteiger partial charge in [-0.3, -0.25) is 4.99 Å². The quantitative estimate of drug-likeness (QED) is 0.436. The Bertz CT molecular complexity index is 227. The van der Waals surface area contributed by atoms with Gasteiger partial charge in [0.25, 0.3) is 0 Å². The zero-order valence-electron chi connectivity index (χ0n) is 10.8. The zero-order valence-corrected chi connectivity index (χ0v) is 10.8. The summed E-state index contributed by atoms with van der Waals surface area (Å²) >= 11 is 0. The Morgan fingerprint density at radius 1 is 1.38 bits per heavy atom. The van der Waals surface area contributed by atoms with E-state index in [2.05, 4.69) is 31.1 Å². The summed E-state index contributed by atoms with van der Waals surface area (Å²) in [6.45, 7) is 7.50. The van der Waals surface area contributed by atoms with E-state index in [4.69, 9.17) is 10.5 Å². The van der Waals surface area contributed by atoms with Crippen molar-refractivity contribution in [3.63, 3.8) is 0 Å². The number of nitrogens with two attached hydrogens (primary N) is 1. The molecule has 4 nitrogen and oxygen atoms in total. The monoisotopic (exact) mass is 227 g/mol. The molecule has 0 heterocycles. The molecule has 0 saturated heterocycles. The number of hydrogen-bond acceptors (Lipinski definition) is 2. The lowest BCUT2D eigenvalue weighted by Gasteiger charge is -2.21. The first-order chi connectivity index (χ1) is 7.47. The third kappa shape index (κ3) is 5.95. The molecule has 0 aromatic heterocycles. The van der Waals surface area contributed by atoms with Crippen LogP contribution in [0, 0.1) is 0 Å². The third-order valence-corrected chi connectivity index (χ3v) is 2.53. The lowest BCUT2D eigenvalue weighted by molar-refractivity contribution is 0.0643. The minimum absolute atomic E-state index is 0.0279. The van der Waals surface area contributed by atoms with Crippen LogP contribution in [0.1, 0.15) is 46.5 Å². The number of ether oxygens (including phenoxy) is 1. The second kappa shape index (κ2) is 6.09. The van der Waals surface area contributed by atoms with Crippen molar-refractivity contribution in [2.45, 2.75) is 58.1 Å². The number of aliphatic imine (C=N–C) groups is 1. The van der Waals surface area contributed by atoms with Gasteiger partial charge in [-0.25, -0.2) is 0 Å². The maximum absolute atomic E-state index is 5.74. The lowest BCUT2D eigenvalue weighted by atomic mass is 10.1. The predicted molar refractivity (Wildman–Crippen MR) is 67.6 cm³/mol. The Morgan fingerprint density at radius 2 is 2.00 bits per heavy atom. The minimum atomic E-state index is -0.0279. The maximum atomic E-state index is 5.74. The smallest absolute Gasteiger partial charge is 0.189 e. The van der Waals surface area contributed by atoms with Crippen molar-refractivity contribution in [1.29, 1.82) is 0 Å². The average molecular weight is 227 g/mol. The molecule has 0 bridgehead atoms. The summed E-state index contributed by atoms with van der Waals surface area (Å²) in [4.78, 5) is 4.23. The first-order valence-corrected chi connectivity index (χ1v) is 6.17. The molecule has 0 aliphatic heterocycles. The van der Waals surface area contributed by atoms with Gasteiger partial charge >= 0.3 is 0 Å². The van der Waals surface area contributed by atoms with Crippen molar-refractivity contribution in [2.24, 2.45) is 10.7 Å². The van der Waals surface area contributed by atoms with Gasteiger partial charge in [0.2, 0.25) is 0 Å². The summed E-state index contributed by atoms with van der Waals surface area (Å²) in [6, 6.07) is 0. The van der Waals surface area contributed by atoms with Crippen LogP contribution in [-0.2, 0) is 4.74 Å². The fourth-order valence-corrected chi connectivity index (χ4v) is 1.86. The van der Waals surface area contributed by atoms with Crippen LogP contribution < -0.4 is 11.1 Å². The highest BCUT2D eigenvalue weighted by molar-refractivity contribution is 5.78. The van der Waals surface area contributed by atoms with Crippen LogP contribution in [0.25, 0.3) is 0 Å². The Balaban J connectivity index is 2.10. The molecule has 1 rings (SSSR count). The van der Waals surface area contributed by atoms with E-state index in [1.54, 1.807) is 0 Å². The first-order valence-electron chi connectivity index (χ1n) is 6.17. The molecule has 0 unspecified atom stereocenters. The van der Waals surface area contributed by atoms with Crippen molar-refractivity contribution in [2.75, 3.05) is 13.2 Å². The molecule has 16 heavy (non-hydrogen) atoms. The summed E-state index contributed by atoms with van der Waals surface area (Å²) in [5.74, 6) is 0.502. The number of nitrogens with one attached hydrogen (secondary N) is 1. The van der Waals surface area contributed by atoms with E-state index in [1.165, 1.54) is 25.7 Å². The number of nitrogens with zero attached hydrogens (tertiary/aromatic N) is 1. The van der Waals surface area contributed by atoms with E-state index in [1.807, 2.05) is 0 Å². The highest BCUT2D eigenvalue weighted by Gasteiger charge is 2.14. The van der Waals surface area contributed by atoms with Gasteiger partial charge in [0.15, 0.2) is 5.96 Å². The largest absolute Gasteiger partial charge is 0.376 e. The van der Waals surface area contributed by atoms with E-state index >= 15 is 0 Å². The Kier molecular flexibility index (Phi) is 5.06. The molecule has 94 valence electrons. The molecule has 0 radical (unpaired) electrons. The second-order valence-electron chi connectivity index (χ2n) is 5.42. The molecule has 0 aromatic carbocycles. The molecule has 4 heteroatoms. The van der Waals surface area contributed by atoms with Crippen molar-refractivity contribution in [1.82, 2.24) is 5.32 Å². The van der Waals surface area contributed by atoms with Crippen molar-refractivity contribution in [3.05, 3.63) is 0 Å². The van der Waals surface area contributed by atoms with E-state index in [-0.39, 0.29) is 5.54 Å². The van der Waals surface area contributed by atoms with Crippen LogP contribution in [0.15, 0.2) is 4.99 Å². The van der Waals surface area contributed by atoms with Crippen LogP contribution in [0.5, 0.6) is 0 Å². The number of guanidine groups is 1. The highest BCUT2D eigenvalue weighted by Crippen LogP contribution is 2.20. The topological polar surface area (TPSA) is 59.6 Å². The molecule has 1 aliphatic carbocycles. The first kappa shape index (κ1) is 13.3. The van der Waals surface area contributed by atoms with Crippen molar-refractivity contribution in [3.8, 4) is 0 Å². The summed E-state index contributed by atoms with van der Waals surface area (Å²) in [7, 11) is 0. The van der Waals surface area contributed by atoms with Gasteiger partial charge in [-0.1, -0.05) is 12.8 Å². The Hall–Kier alpha value is -0.770. The van der Waals surface area contributed by atoms with Gasteiger partial charge in [-0.15, -0.1) is 0 Å². The third-order valence-electron chi connectivity index (χ3n) is 2.53. The summed E-state index contributed by atoms with van der Waals surface area (Å²) in [5, 5.41) is 3.12. The second-order valence-corrected chi connectivity index (χ2v) is 5.42. The summed E-state index contributed by atoms with van der Waals surface area (Å²) in [5.41, 5.74) is 5.71. The molecule has 0 spiro atoms. The van der Waals surface area contributed by atoms with Crippen LogP contribution in [0.2, 0.25) is 0 Å². The number of rotatable bonds is 4. The van der Waals surface area contributed by atoms with E-state index < -0.39 is 0 Å². The van der Waals surface area contributed by atoms with Crippen LogP contribution >= 0.6 is 0 Å². The molecule has 1 aliphatic rings. The molecule has 0 amide bonds. The average Bonchev–Trinajstić information content (AvgIpc) is 2.62. The van der Waals surface area contributed by atoms with Gasteiger partial charge in [-0.2, -0.15) is 0 Å². The lowest BCUT2D eigenvalue weighted by Crippen LogP contribution is -2.45. The molecular weight excluding hydrogens is 202 g/mol. The Labute approximate surface area is 98.6 Å². The van der Waals surface area contributed by atoms with E-state index in [9.17, 15) is 0 Å². The standard InChI is InChI=1S/C12H25N3O/c1-12(2,3)15-11(13)14-8-9-16-10-6-4-5-7-10/h10H,4-9H2,1-3H3,(H3,13,14,15). The normalized spacial score (nSPS) is 19.1. The van der Waals surface area contributed by atoms with Crippen LogP contribution in [0.4, 0.5) is 0 Å². The zero-order chi connectivity index (χ0) is 12.0. The molecular formula is C12H25N3O. The molecule has 3 N–H and O–H groups in total. The number of hydrogen-bond donors (Lipinski definition) is 2. The van der Waals surface area contributed by atoms with Gasteiger partial charge < -0.3 is 15.8 Å². The summed E-state index contributed by atoms with van der Waals surface area (Å²) in [6.07, 6.45) is 5.49. The van der Waals surface area contributed by atoms with E-state index in [0.29, 0.717) is 25.2 Å². The predicted octanol–water partition coefficient (Wildman–Crippen LogP) is 1.65. The fraction of sp³-hybridized carbons (Fsp3) is 0.917. The molecule has 1 fully saturated rings. The van der Waals surface area contributed by atoms with Gasteiger partial charge in [0.1, 0.15) is 0 Å². The van der Waals surface area contributed by atoms with Gasteiger partial charge in [0, 0.05) is 5.54 Å². The van der Waals surface area contributed by atoms with Gasteiger partial charge in [-0.05, 0) is 33.6 Å². The van der Waals surface area contributed by atoms with Gasteiger partial charge in [0.05, 0.1) is 19.3 Å². The minimum Gasteiger partial charge on any atom is -0.376 e. The molecule has 0 aromatic rings. The SMILES string of the molecule is CC(C)(C)NC(N)=NCCOC1CCCC1. The highest BCUT2D eigenvalue weighted by atomic mass is 16.5. The fourth-order valence-electron chi connectivity index (χ4n) is 1.86. The van der Waals surface area contributed by atoms with E-state index in [0.717, 1.165) is 0 Å². The molecule has 0 atom stereocenters. The summed E-state index contributed by atoms with van der Waals surface area (Å²) < 4.78 is 5.69. The van der Waals surface area contributed by atoms with Crippen LogP contribution in [-0.4, -0.2) is 30.8 Å². The van der Waals surface area contributed by atoms with Crippen LogP contribution in [0.3, 0.4) is 0 Å².